The molecular formula is C15H27N3O2. The zero-order valence-corrected chi connectivity index (χ0v) is 13.0. The molecule has 2 fully saturated rings. The van der Waals surface area contributed by atoms with Crippen LogP contribution in [0.3, 0.4) is 0 Å². The van der Waals surface area contributed by atoms with Crippen LogP contribution in [0.15, 0.2) is 0 Å². The van der Waals surface area contributed by atoms with Crippen molar-refractivity contribution < 1.29 is 9.59 Å². The Morgan fingerprint density at radius 2 is 1.40 bits per heavy atom. The lowest BCUT2D eigenvalue weighted by molar-refractivity contribution is -0.154. The quantitative estimate of drug-likeness (QED) is 0.663. The van der Waals surface area contributed by atoms with Crippen LogP contribution in [0.25, 0.3) is 0 Å². The number of piperazine rings is 1. The predicted molar refractivity (Wildman–Crippen MR) is 78.2 cm³/mol. The minimum Gasteiger partial charge on any atom is -0.334 e. The molecule has 5 nitrogen and oxygen atoms in total. The number of nitrogens with zero attached hydrogens (tertiary/aromatic N) is 3. The lowest BCUT2D eigenvalue weighted by Gasteiger charge is -2.37. The molecule has 0 saturated carbocycles. The van der Waals surface area contributed by atoms with E-state index in [9.17, 15) is 9.59 Å². The average molecular weight is 281 g/mol. The first kappa shape index (κ1) is 15.3. The molecule has 5 heteroatoms. The molecule has 0 N–H and O–H groups in total. The van der Waals surface area contributed by atoms with Gasteiger partial charge in [0.15, 0.2) is 0 Å². The Morgan fingerprint density at radius 1 is 0.900 bits per heavy atom. The van der Waals surface area contributed by atoms with Crippen LogP contribution >= 0.6 is 0 Å². The van der Waals surface area contributed by atoms with E-state index in [1.165, 1.54) is 0 Å². The van der Waals surface area contributed by atoms with Crippen LogP contribution < -0.4 is 0 Å². The van der Waals surface area contributed by atoms with Crippen molar-refractivity contribution >= 4 is 11.8 Å². The van der Waals surface area contributed by atoms with Crippen molar-refractivity contribution in [3.8, 4) is 0 Å². The van der Waals surface area contributed by atoms with E-state index in [4.69, 9.17) is 0 Å². The maximum absolute atomic E-state index is 12.4. The number of likely N-dealkylation sites (N-methyl/N-ethyl adjacent to an activating group) is 1. The number of hydrogen-bond donors (Lipinski definition) is 0. The van der Waals surface area contributed by atoms with Crippen LogP contribution in [0, 0.1) is 11.8 Å². The Balaban J connectivity index is 1.90. The summed E-state index contributed by atoms with van der Waals surface area (Å²) in [6, 6.07) is 0. The van der Waals surface area contributed by atoms with Crippen molar-refractivity contribution in [2.75, 3.05) is 45.8 Å². The zero-order chi connectivity index (χ0) is 14.7. The van der Waals surface area contributed by atoms with Crippen molar-refractivity contribution in [2.45, 2.75) is 27.2 Å². The highest BCUT2D eigenvalue weighted by Crippen LogP contribution is 2.21. The van der Waals surface area contributed by atoms with E-state index in [0.29, 0.717) is 24.9 Å². The molecule has 0 aromatic carbocycles. The third-order valence-corrected chi connectivity index (χ3v) is 4.45. The topological polar surface area (TPSA) is 43.9 Å². The summed E-state index contributed by atoms with van der Waals surface area (Å²) in [5.74, 6) is 0.385. The maximum Gasteiger partial charge on any atom is 0.312 e. The Morgan fingerprint density at radius 3 is 1.90 bits per heavy atom. The number of amides is 2. The fraction of sp³-hybridized carbons (Fsp3) is 0.867. The normalized spacial score (nSPS) is 28.6. The molecule has 0 aliphatic carbocycles. The SMILES string of the molecule is CCN1CCN(C(=O)C(=O)N2CC(C)CC(C)C2)CC1. The molecule has 0 radical (unpaired) electrons. The van der Waals surface area contributed by atoms with Gasteiger partial charge in [-0.05, 0) is 24.8 Å². The van der Waals surface area contributed by atoms with Crippen molar-refractivity contribution in [3.05, 3.63) is 0 Å². The first-order chi connectivity index (χ1) is 9.51. The number of carbonyl (C=O) groups is 2. The fourth-order valence-corrected chi connectivity index (χ4v) is 3.37. The highest BCUT2D eigenvalue weighted by atomic mass is 16.2. The molecule has 0 bridgehead atoms. The first-order valence-electron chi connectivity index (χ1n) is 7.81. The van der Waals surface area contributed by atoms with Crippen LogP contribution in [0.5, 0.6) is 0 Å². The van der Waals surface area contributed by atoms with Gasteiger partial charge in [0, 0.05) is 39.3 Å². The van der Waals surface area contributed by atoms with E-state index in [1.807, 2.05) is 0 Å². The molecular weight excluding hydrogens is 254 g/mol. The van der Waals surface area contributed by atoms with Crippen molar-refractivity contribution in [2.24, 2.45) is 11.8 Å². The highest BCUT2D eigenvalue weighted by Gasteiger charge is 2.32. The highest BCUT2D eigenvalue weighted by molar-refractivity contribution is 6.34. The standard InChI is InChI=1S/C15H27N3O2/c1-4-16-5-7-17(8-6-16)14(19)15(20)18-10-12(2)9-13(3)11-18/h12-13H,4-11H2,1-3H3. The molecule has 2 heterocycles. The fourth-order valence-electron chi connectivity index (χ4n) is 3.37. The van der Waals surface area contributed by atoms with E-state index in [-0.39, 0.29) is 11.8 Å². The summed E-state index contributed by atoms with van der Waals surface area (Å²) in [5, 5.41) is 0. The number of rotatable bonds is 1. The summed E-state index contributed by atoms with van der Waals surface area (Å²) in [5.41, 5.74) is 0. The maximum atomic E-state index is 12.4. The van der Waals surface area contributed by atoms with Gasteiger partial charge in [0.2, 0.25) is 0 Å². The molecule has 0 aromatic rings. The van der Waals surface area contributed by atoms with Gasteiger partial charge in [-0.15, -0.1) is 0 Å². The molecule has 2 amide bonds. The van der Waals surface area contributed by atoms with Gasteiger partial charge in [-0.25, -0.2) is 0 Å². The second kappa shape index (κ2) is 6.57. The van der Waals surface area contributed by atoms with Crippen LogP contribution in [-0.2, 0) is 9.59 Å². The summed E-state index contributed by atoms with van der Waals surface area (Å²) < 4.78 is 0. The minimum absolute atomic E-state index is 0.298. The van der Waals surface area contributed by atoms with E-state index in [1.54, 1.807) is 9.80 Å². The molecule has 2 atom stereocenters. The van der Waals surface area contributed by atoms with E-state index in [0.717, 1.165) is 39.1 Å². The Labute approximate surface area is 121 Å². The second-order valence-electron chi connectivity index (χ2n) is 6.38. The van der Waals surface area contributed by atoms with Crippen LogP contribution in [0.1, 0.15) is 27.2 Å². The molecule has 20 heavy (non-hydrogen) atoms. The van der Waals surface area contributed by atoms with Gasteiger partial charge in [0.05, 0.1) is 0 Å². The summed E-state index contributed by atoms with van der Waals surface area (Å²) >= 11 is 0. The van der Waals surface area contributed by atoms with E-state index in [2.05, 4.69) is 25.7 Å². The minimum atomic E-state index is -0.304. The Kier molecular flexibility index (Phi) is 5.02. The summed E-state index contributed by atoms with van der Waals surface area (Å²) in [6.07, 6.45) is 1.15. The van der Waals surface area contributed by atoms with Crippen LogP contribution in [0.2, 0.25) is 0 Å². The van der Waals surface area contributed by atoms with Crippen molar-refractivity contribution in [3.63, 3.8) is 0 Å². The molecule has 0 aromatic heterocycles. The van der Waals surface area contributed by atoms with Gasteiger partial charge in [-0.2, -0.15) is 0 Å². The third kappa shape index (κ3) is 3.51. The van der Waals surface area contributed by atoms with Gasteiger partial charge in [-0.1, -0.05) is 20.8 Å². The molecule has 0 spiro atoms. The lowest BCUT2D eigenvalue weighted by Crippen LogP contribution is -2.54. The molecule has 2 unspecified atom stereocenters. The van der Waals surface area contributed by atoms with Crippen LogP contribution in [0.4, 0.5) is 0 Å². The Hall–Kier alpha value is -1.10. The predicted octanol–water partition coefficient (Wildman–Crippen LogP) is 0.655. The van der Waals surface area contributed by atoms with Gasteiger partial charge < -0.3 is 14.7 Å². The summed E-state index contributed by atoms with van der Waals surface area (Å²) in [4.78, 5) is 30.5. The van der Waals surface area contributed by atoms with Gasteiger partial charge in [-0.3, -0.25) is 9.59 Å². The lowest BCUT2D eigenvalue weighted by atomic mass is 9.92. The van der Waals surface area contributed by atoms with Crippen molar-refractivity contribution in [1.29, 1.82) is 0 Å². The zero-order valence-electron chi connectivity index (χ0n) is 13.0. The first-order valence-corrected chi connectivity index (χ1v) is 7.81. The number of hydrogen-bond acceptors (Lipinski definition) is 3. The third-order valence-electron chi connectivity index (χ3n) is 4.45. The van der Waals surface area contributed by atoms with Crippen molar-refractivity contribution in [1.82, 2.24) is 14.7 Å². The van der Waals surface area contributed by atoms with E-state index < -0.39 is 0 Å². The van der Waals surface area contributed by atoms with Gasteiger partial charge >= 0.3 is 11.8 Å². The molecule has 2 rings (SSSR count). The molecule has 114 valence electrons. The van der Waals surface area contributed by atoms with Gasteiger partial charge in [0.1, 0.15) is 0 Å². The smallest absolute Gasteiger partial charge is 0.312 e. The average Bonchev–Trinajstić information content (AvgIpc) is 2.45. The molecule has 2 aliphatic rings. The van der Waals surface area contributed by atoms with Crippen LogP contribution in [-0.4, -0.2) is 72.3 Å². The van der Waals surface area contributed by atoms with E-state index >= 15 is 0 Å². The largest absolute Gasteiger partial charge is 0.334 e. The molecule has 2 saturated heterocycles. The number of carbonyl (C=O) groups excluding carboxylic acids is 2. The van der Waals surface area contributed by atoms with Gasteiger partial charge in [0.25, 0.3) is 0 Å². The summed E-state index contributed by atoms with van der Waals surface area (Å²) in [7, 11) is 0. The second-order valence-corrected chi connectivity index (χ2v) is 6.38. The Bertz CT molecular complexity index is 354. The monoisotopic (exact) mass is 281 g/mol. The number of piperidine rings is 1. The summed E-state index contributed by atoms with van der Waals surface area (Å²) in [6.45, 7) is 12.0. The number of likely N-dealkylation sites (tertiary alicyclic amines) is 1. The molecule has 2 aliphatic heterocycles.